The van der Waals surface area contributed by atoms with Gasteiger partial charge in [-0.1, -0.05) is 0 Å². The van der Waals surface area contributed by atoms with Gasteiger partial charge in [0.05, 0.1) is 26.5 Å². The molecule has 1 heterocycles. The van der Waals surface area contributed by atoms with Gasteiger partial charge in [0.1, 0.15) is 11.5 Å². The van der Waals surface area contributed by atoms with Crippen LogP contribution in [0.15, 0.2) is 28.6 Å². The molecule has 0 saturated heterocycles. The minimum atomic E-state index is 0.538. The molecule has 0 amide bonds. The molecule has 2 rings (SSSR count). The maximum atomic E-state index is 5.50. The molecule has 7 nitrogen and oxygen atoms in total. The number of anilines is 1. The molecule has 0 spiro atoms. The Morgan fingerprint density at radius 2 is 2.00 bits per heavy atom. The van der Waals surface area contributed by atoms with Crippen LogP contribution in [-0.4, -0.2) is 57.8 Å². The zero-order valence-electron chi connectivity index (χ0n) is 16.9. The van der Waals surface area contributed by atoms with Crippen LogP contribution in [0.3, 0.4) is 0 Å². The summed E-state index contributed by atoms with van der Waals surface area (Å²) in [4.78, 5) is 13.4. The maximum absolute atomic E-state index is 5.50. The first kappa shape index (κ1) is 20.8. The predicted octanol–water partition coefficient (Wildman–Crippen LogP) is 2.82. The normalized spacial score (nSPS) is 11.3. The number of nitrogens with one attached hydrogen (secondary N) is 1. The van der Waals surface area contributed by atoms with Crippen molar-refractivity contribution < 1.29 is 9.47 Å². The van der Waals surface area contributed by atoms with Crippen molar-refractivity contribution in [2.75, 3.05) is 46.8 Å². The number of methoxy groups -OCH3 is 2. The molecule has 148 valence electrons. The summed E-state index contributed by atoms with van der Waals surface area (Å²) in [5, 5.41) is 6.38. The number of aliphatic imine (C=N–C) groups is 1. The van der Waals surface area contributed by atoms with Crippen molar-refractivity contribution in [2.24, 2.45) is 4.99 Å². The molecule has 2 aromatic rings. The standard InChI is InChI=1S/C19H29N5O2S/c1-7-20-18(21-11-15-13-27-19(22-15)23(2)3)24(4)12-14-8-9-16(25-5)10-17(14)26-6/h8-10,13H,7,11-12H2,1-6H3,(H,20,21). The lowest BCUT2D eigenvalue weighted by atomic mass is 10.2. The van der Waals surface area contributed by atoms with Crippen LogP contribution in [0.25, 0.3) is 0 Å². The molecule has 0 aliphatic carbocycles. The van der Waals surface area contributed by atoms with Crippen LogP contribution in [0.4, 0.5) is 5.13 Å². The van der Waals surface area contributed by atoms with Crippen LogP contribution in [0.2, 0.25) is 0 Å². The molecule has 1 aromatic carbocycles. The zero-order chi connectivity index (χ0) is 19.8. The van der Waals surface area contributed by atoms with Crippen molar-refractivity contribution in [3.05, 3.63) is 34.8 Å². The van der Waals surface area contributed by atoms with Gasteiger partial charge >= 0.3 is 0 Å². The molecular formula is C19H29N5O2S. The first-order valence-corrected chi connectivity index (χ1v) is 9.68. The van der Waals surface area contributed by atoms with Crippen molar-refractivity contribution >= 4 is 22.4 Å². The number of aromatic nitrogens is 1. The summed E-state index contributed by atoms with van der Waals surface area (Å²) in [6, 6.07) is 5.85. The fourth-order valence-electron chi connectivity index (χ4n) is 2.51. The van der Waals surface area contributed by atoms with Gasteiger partial charge in [0, 0.05) is 51.2 Å². The molecule has 0 bridgehead atoms. The molecule has 0 saturated carbocycles. The van der Waals surface area contributed by atoms with E-state index in [9.17, 15) is 0 Å². The van der Waals surface area contributed by atoms with E-state index in [0.717, 1.165) is 40.4 Å². The van der Waals surface area contributed by atoms with Crippen LogP contribution in [0.5, 0.6) is 11.5 Å². The maximum Gasteiger partial charge on any atom is 0.194 e. The van der Waals surface area contributed by atoms with Crippen LogP contribution in [0.1, 0.15) is 18.2 Å². The van der Waals surface area contributed by atoms with E-state index in [2.05, 4.69) is 27.5 Å². The lowest BCUT2D eigenvalue weighted by molar-refractivity contribution is 0.382. The lowest BCUT2D eigenvalue weighted by Gasteiger charge is -2.23. The Hall–Kier alpha value is -2.48. The van der Waals surface area contributed by atoms with E-state index in [-0.39, 0.29) is 0 Å². The summed E-state index contributed by atoms with van der Waals surface area (Å²) < 4.78 is 10.8. The Morgan fingerprint density at radius 1 is 1.22 bits per heavy atom. The SMILES string of the molecule is CCNC(=NCc1csc(N(C)C)n1)N(C)Cc1ccc(OC)cc1OC. The summed E-state index contributed by atoms with van der Waals surface area (Å²) in [5.41, 5.74) is 2.03. The first-order valence-electron chi connectivity index (χ1n) is 8.80. The van der Waals surface area contributed by atoms with Crippen molar-refractivity contribution in [3.63, 3.8) is 0 Å². The number of nitrogens with zero attached hydrogens (tertiary/aromatic N) is 4. The average molecular weight is 392 g/mol. The summed E-state index contributed by atoms with van der Waals surface area (Å²) in [5.74, 6) is 2.40. The van der Waals surface area contributed by atoms with Gasteiger partial charge in [-0.2, -0.15) is 0 Å². The van der Waals surface area contributed by atoms with Crippen molar-refractivity contribution in [1.29, 1.82) is 0 Å². The van der Waals surface area contributed by atoms with Gasteiger partial charge in [0.15, 0.2) is 11.1 Å². The van der Waals surface area contributed by atoms with E-state index in [0.29, 0.717) is 13.1 Å². The molecular weight excluding hydrogens is 362 g/mol. The van der Waals surface area contributed by atoms with Crippen LogP contribution >= 0.6 is 11.3 Å². The number of guanidine groups is 1. The number of ether oxygens (including phenoxy) is 2. The molecule has 0 radical (unpaired) electrons. The number of rotatable bonds is 8. The first-order chi connectivity index (χ1) is 13.0. The Labute approximate surface area is 165 Å². The minimum Gasteiger partial charge on any atom is -0.497 e. The van der Waals surface area contributed by atoms with E-state index in [1.807, 2.05) is 44.2 Å². The van der Waals surface area contributed by atoms with Crippen LogP contribution < -0.4 is 19.7 Å². The Balaban J connectivity index is 2.12. The fraction of sp³-hybridized carbons (Fsp3) is 0.474. The van der Waals surface area contributed by atoms with Gasteiger partial charge in [0.2, 0.25) is 0 Å². The van der Waals surface area contributed by atoms with E-state index in [4.69, 9.17) is 14.5 Å². The molecule has 0 atom stereocenters. The van der Waals surface area contributed by atoms with Gasteiger partial charge in [-0.3, -0.25) is 0 Å². The molecule has 1 aromatic heterocycles. The summed E-state index contributed by atoms with van der Waals surface area (Å²) in [6.45, 7) is 4.06. The fourth-order valence-corrected chi connectivity index (χ4v) is 3.26. The second-order valence-corrected chi connectivity index (χ2v) is 7.06. The monoisotopic (exact) mass is 391 g/mol. The Morgan fingerprint density at radius 3 is 2.59 bits per heavy atom. The highest BCUT2D eigenvalue weighted by atomic mass is 32.1. The molecule has 0 unspecified atom stereocenters. The predicted molar refractivity (Wildman–Crippen MR) is 112 cm³/mol. The smallest absolute Gasteiger partial charge is 0.194 e. The van der Waals surface area contributed by atoms with Gasteiger partial charge in [-0.25, -0.2) is 9.98 Å². The molecule has 8 heteroatoms. The van der Waals surface area contributed by atoms with Gasteiger partial charge in [-0.15, -0.1) is 11.3 Å². The quantitative estimate of drug-likeness (QED) is 0.552. The highest BCUT2D eigenvalue weighted by molar-refractivity contribution is 7.13. The third kappa shape index (κ3) is 5.75. The second-order valence-electron chi connectivity index (χ2n) is 6.22. The third-order valence-corrected chi connectivity index (χ3v) is 4.97. The van der Waals surface area contributed by atoms with Gasteiger partial charge in [0.25, 0.3) is 0 Å². The topological polar surface area (TPSA) is 62.2 Å². The molecule has 0 fully saturated rings. The zero-order valence-corrected chi connectivity index (χ0v) is 17.8. The van der Waals surface area contributed by atoms with E-state index >= 15 is 0 Å². The summed E-state index contributed by atoms with van der Waals surface area (Å²) in [7, 11) is 9.31. The van der Waals surface area contributed by atoms with E-state index in [1.165, 1.54) is 0 Å². The number of hydrogen-bond donors (Lipinski definition) is 1. The second kappa shape index (κ2) is 10.0. The van der Waals surface area contributed by atoms with Crippen LogP contribution in [0, 0.1) is 0 Å². The highest BCUT2D eigenvalue weighted by Crippen LogP contribution is 2.25. The van der Waals surface area contributed by atoms with Crippen molar-refractivity contribution in [3.8, 4) is 11.5 Å². The minimum absolute atomic E-state index is 0.538. The average Bonchev–Trinajstić information content (AvgIpc) is 3.14. The van der Waals surface area contributed by atoms with Crippen molar-refractivity contribution in [2.45, 2.75) is 20.0 Å². The molecule has 1 N–H and O–H groups in total. The number of benzene rings is 1. The molecule has 27 heavy (non-hydrogen) atoms. The third-order valence-electron chi connectivity index (χ3n) is 3.91. The van der Waals surface area contributed by atoms with E-state index in [1.54, 1.807) is 25.6 Å². The molecule has 0 aliphatic rings. The largest absolute Gasteiger partial charge is 0.497 e. The Bertz CT molecular complexity index is 760. The summed E-state index contributed by atoms with van der Waals surface area (Å²) in [6.07, 6.45) is 0. The van der Waals surface area contributed by atoms with Gasteiger partial charge < -0.3 is 24.6 Å². The molecule has 0 aliphatic heterocycles. The van der Waals surface area contributed by atoms with E-state index < -0.39 is 0 Å². The van der Waals surface area contributed by atoms with Gasteiger partial charge in [-0.05, 0) is 19.1 Å². The Kier molecular flexibility index (Phi) is 7.72. The van der Waals surface area contributed by atoms with Crippen molar-refractivity contribution in [1.82, 2.24) is 15.2 Å². The number of thiazole rings is 1. The highest BCUT2D eigenvalue weighted by Gasteiger charge is 2.12. The number of hydrogen-bond acceptors (Lipinski definition) is 6. The van der Waals surface area contributed by atoms with Crippen LogP contribution in [-0.2, 0) is 13.1 Å². The summed E-state index contributed by atoms with van der Waals surface area (Å²) >= 11 is 1.63. The lowest BCUT2D eigenvalue weighted by Crippen LogP contribution is -2.38.